The van der Waals surface area contributed by atoms with Crippen LogP contribution >= 0.6 is 0 Å². The highest BCUT2D eigenvalue weighted by Crippen LogP contribution is 2.29. The van der Waals surface area contributed by atoms with Crippen molar-refractivity contribution in [3.63, 3.8) is 0 Å². The average molecular weight is 454 g/mol. The topological polar surface area (TPSA) is 112 Å². The first-order valence-electron chi connectivity index (χ1n) is 10.5. The fraction of sp³-hybridized carbons (Fsp3) is 0.292. The molecule has 3 rings (SSSR count). The third kappa shape index (κ3) is 5.62. The monoisotopic (exact) mass is 454 g/mol. The van der Waals surface area contributed by atoms with Crippen LogP contribution in [0, 0.1) is 0 Å². The molecule has 2 amide bonds. The van der Waals surface area contributed by atoms with Gasteiger partial charge in [0, 0.05) is 0 Å². The number of para-hydroxylation sites is 1. The van der Waals surface area contributed by atoms with Crippen molar-refractivity contribution in [1.29, 1.82) is 0 Å². The predicted molar refractivity (Wildman–Crippen MR) is 119 cm³/mol. The van der Waals surface area contributed by atoms with E-state index in [1.807, 2.05) is 6.92 Å². The molecule has 33 heavy (non-hydrogen) atoms. The van der Waals surface area contributed by atoms with Crippen molar-refractivity contribution in [3.05, 3.63) is 70.9 Å². The molecule has 0 bridgehead atoms. The van der Waals surface area contributed by atoms with E-state index in [0.29, 0.717) is 23.7 Å². The molecule has 0 saturated heterocycles. The second-order valence-electron chi connectivity index (χ2n) is 6.92. The van der Waals surface area contributed by atoms with E-state index in [0.717, 1.165) is 0 Å². The van der Waals surface area contributed by atoms with Gasteiger partial charge in [0.2, 0.25) is 0 Å². The Kier molecular flexibility index (Phi) is 7.91. The molecule has 9 nitrogen and oxygen atoms in total. The Bertz CT molecular complexity index is 1050. The molecule has 0 saturated carbocycles. The number of hydrogen-bond acceptors (Lipinski definition) is 7. The van der Waals surface area contributed by atoms with Gasteiger partial charge in [-0.1, -0.05) is 24.3 Å². The molecule has 2 N–H and O–H groups in total. The molecule has 0 aliphatic carbocycles. The van der Waals surface area contributed by atoms with E-state index in [2.05, 4.69) is 10.6 Å². The SMILES string of the molecule is CCOC(=O)C1=C(COC(=O)c2ccccc2OCC)NC(=O)NC1c1ccc(OC)cc1. The van der Waals surface area contributed by atoms with Gasteiger partial charge in [0.15, 0.2) is 0 Å². The average Bonchev–Trinajstić information content (AvgIpc) is 2.83. The molecule has 1 aliphatic heterocycles. The number of benzene rings is 2. The number of rotatable bonds is 9. The van der Waals surface area contributed by atoms with Crippen LogP contribution in [0.4, 0.5) is 4.79 Å². The summed E-state index contributed by atoms with van der Waals surface area (Å²) >= 11 is 0. The Hall–Kier alpha value is -4.01. The van der Waals surface area contributed by atoms with E-state index in [4.69, 9.17) is 18.9 Å². The maximum atomic E-state index is 12.8. The number of esters is 2. The van der Waals surface area contributed by atoms with Gasteiger partial charge < -0.3 is 29.6 Å². The molecule has 1 atom stereocenters. The zero-order chi connectivity index (χ0) is 23.8. The van der Waals surface area contributed by atoms with E-state index in [1.54, 1.807) is 62.6 Å². The number of methoxy groups -OCH3 is 1. The van der Waals surface area contributed by atoms with E-state index >= 15 is 0 Å². The lowest BCUT2D eigenvalue weighted by Gasteiger charge is -2.29. The van der Waals surface area contributed by atoms with Crippen LogP contribution in [0.2, 0.25) is 0 Å². The zero-order valence-electron chi connectivity index (χ0n) is 18.7. The smallest absolute Gasteiger partial charge is 0.342 e. The van der Waals surface area contributed by atoms with Crippen molar-refractivity contribution in [3.8, 4) is 11.5 Å². The van der Waals surface area contributed by atoms with Crippen LogP contribution in [0.25, 0.3) is 0 Å². The van der Waals surface area contributed by atoms with E-state index in [1.165, 1.54) is 0 Å². The van der Waals surface area contributed by atoms with E-state index < -0.39 is 24.0 Å². The molecule has 174 valence electrons. The maximum absolute atomic E-state index is 12.8. The fourth-order valence-electron chi connectivity index (χ4n) is 3.36. The first-order chi connectivity index (χ1) is 16.0. The summed E-state index contributed by atoms with van der Waals surface area (Å²) in [6.07, 6.45) is 0. The first kappa shape index (κ1) is 23.6. The molecule has 0 aromatic heterocycles. The summed E-state index contributed by atoms with van der Waals surface area (Å²) in [6, 6.07) is 12.2. The Morgan fingerprint density at radius 2 is 1.67 bits per heavy atom. The second kappa shape index (κ2) is 11.0. The molecule has 1 heterocycles. The number of urea groups is 1. The first-order valence-corrected chi connectivity index (χ1v) is 10.5. The minimum Gasteiger partial charge on any atom is -0.497 e. The molecule has 0 fully saturated rings. The highest BCUT2D eigenvalue weighted by atomic mass is 16.5. The van der Waals surface area contributed by atoms with Gasteiger partial charge in [0.1, 0.15) is 23.7 Å². The van der Waals surface area contributed by atoms with Gasteiger partial charge in [-0.3, -0.25) is 0 Å². The Morgan fingerprint density at radius 1 is 0.939 bits per heavy atom. The molecule has 0 spiro atoms. The lowest BCUT2D eigenvalue weighted by molar-refractivity contribution is -0.139. The summed E-state index contributed by atoms with van der Waals surface area (Å²) in [6.45, 7) is 3.67. The van der Waals surface area contributed by atoms with Gasteiger partial charge in [-0.05, 0) is 43.7 Å². The van der Waals surface area contributed by atoms with Crippen LogP contribution in [-0.2, 0) is 14.3 Å². The fourth-order valence-corrected chi connectivity index (χ4v) is 3.36. The van der Waals surface area contributed by atoms with Gasteiger partial charge in [-0.2, -0.15) is 0 Å². The number of ether oxygens (including phenoxy) is 4. The number of hydrogen-bond donors (Lipinski definition) is 2. The van der Waals surface area contributed by atoms with Crippen LogP contribution in [0.5, 0.6) is 11.5 Å². The third-order valence-corrected chi connectivity index (χ3v) is 4.85. The number of carbonyl (C=O) groups excluding carboxylic acids is 3. The lowest BCUT2D eigenvalue weighted by atomic mass is 9.95. The van der Waals surface area contributed by atoms with Crippen LogP contribution in [0.3, 0.4) is 0 Å². The minimum atomic E-state index is -0.798. The van der Waals surface area contributed by atoms with Gasteiger partial charge in [-0.25, -0.2) is 14.4 Å². The summed E-state index contributed by atoms with van der Waals surface area (Å²) in [5, 5.41) is 5.29. The van der Waals surface area contributed by atoms with Gasteiger partial charge in [0.05, 0.1) is 37.6 Å². The van der Waals surface area contributed by atoms with Crippen molar-refractivity contribution < 1.29 is 33.3 Å². The Morgan fingerprint density at radius 3 is 2.33 bits per heavy atom. The van der Waals surface area contributed by atoms with Crippen LogP contribution in [-0.4, -0.2) is 44.9 Å². The summed E-state index contributed by atoms with van der Waals surface area (Å²) < 4.78 is 21.3. The highest BCUT2D eigenvalue weighted by Gasteiger charge is 2.34. The summed E-state index contributed by atoms with van der Waals surface area (Å²) in [5.41, 5.74) is 1.16. The maximum Gasteiger partial charge on any atom is 0.342 e. The minimum absolute atomic E-state index is 0.139. The lowest BCUT2D eigenvalue weighted by Crippen LogP contribution is -2.47. The van der Waals surface area contributed by atoms with Gasteiger partial charge in [-0.15, -0.1) is 0 Å². The molecular weight excluding hydrogens is 428 g/mol. The Balaban J connectivity index is 1.92. The normalized spacial score (nSPS) is 15.2. The summed E-state index contributed by atoms with van der Waals surface area (Å²) in [7, 11) is 1.54. The third-order valence-electron chi connectivity index (χ3n) is 4.85. The number of carbonyl (C=O) groups is 3. The van der Waals surface area contributed by atoms with Crippen molar-refractivity contribution in [2.45, 2.75) is 19.9 Å². The quantitative estimate of drug-likeness (QED) is 0.560. The number of nitrogens with one attached hydrogen (secondary N) is 2. The largest absolute Gasteiger partial charge is 0.497 e. The van der Waals surface area contributed by atoms with E-state index in [-0.39, 0.29) is 30.0 Å². The Labute approximate surface area is 191 Å². The predicted octanol–water partition coefficient (Wildman–Crippen LogP) is 3.12. The molecule has 2 aromatic rings. The molecule has 1 aliphatic rings. The van der Waals surface area contributed by atoms with E-state index in [9.17, 15) is 14.4 Å². The highest BCUT2D eigenvalue weighted by molar-refractivity contribution is 5.96. The number of amides is 2. The second-order valence-corrected chi connectivity index (χ2v) is 6.92. The van der Waals surface area contributed by atoms with Crippen LogP contribution < -0.4 is 20.1 Å². The van der Waals surface area contributed by atoms with Gasteiger partial charge in [0.25, 0.3) is 0 Å². The van der Waals surface area contributed by atoms with Crippen molar-refractivity contribution in [2.75, 3.05) is 26.9 Å². The van der Waals surface area contributed by atoms with Crippen molar-refractivity contribution in [1.82, 2.24) is 10.6 Å². The molecule has 0 radical (unpaired) electrons. The molecule has 2 aromatic carbocycles. The summed E-state index contributed by atoms with van der Waals surface area (Å²) in [4.78, 5) is 37.9. The summed E-state index contributed by atoms with van der Waals surface area (Å²) in [5.74, 6) is -0.270. The van der Waals surface area contributed by atoms with Crippen LogP contribution in [0.15, 0.2) is 59.8 Å². The van der Waals surface area contributed by atoms with Crippen molar-refractivity contribution >= 4 is 18.0 Å². The van der Waals surface area contributed by atoms with Crippen molar-refractivity contribution in [2.24, 2.45) is 0 Å². The zero-order valence-corrected chi connectivity index (χ0v) is 18.7. The molecular formula is C24H26N2O7. The van der Waals surface area contributed by atoms with Gasteiger partial charge >= 0.3 is 18.0 Å². The molecule has 1 unspecified atom stereocenters. The van der Waals surface area contributed by atoms with Crippen LogP contribution in [0.1, 0.15) is 35.8 Å². The standard InChI is InChI=1S/C24H26N2O7/c1-4-31-19-9-7-6-8-17(19)22(27)33-14-18-20(23(28)32-5-2)21(26-24(29)25-18)15-10-12-16(30-3)13-11-15/h6-13,21H,4-5,14H2,1-3H3,(H2,25,26,29). The molecule has 9 heteroatoms.